The van der Waals surface area contributed by atoms with Gasteiger partial charge in [-0.15, -0.1) is 0 Å². The summed E-state index contributed by atoms with van der Waals surface area (Å²) in [5.74, 6) is 0. The van der Waals surface area contributed by atoms with Crippen LogP contribution in [0.5, 0.6) is 0 Å². The van der Waals surface area contributed by atoms with Gasteiger partial charge < -0.3 is 5.32 Å². The van der Waals surface area contributed by atoms with Crippen molar-refractivity contribution in [3.05, 3.63) is 29.3 Å². The van der Waals surface area contributed by atoms with Gasteiger partial charge in [-0.25, -0.2) is 8.42 Å². The molecular formula is C15H23NO2S. The van der Waals surface area contributed by atoms with Crippen molar-refractivity contribution in [3.63, 3.8) is 0 Å². The van der Waals surface area contributed by atoms with Crippen molar-refractivity contribution in [1.29, 1.82) is 0 Å². The molecule has 0 heterocycles. The fraction of sp³-hybridized carbons (Fsp3) is 0.600. The van der Waals surface area contributed by atoms with Gasteiger partial charge in [0, 0.05) is 6.04 Å². The second kappa shape index (κ2) is 5.63. The molecule has 1 fully saturated rings. The lowest BCUT2D eigenvalue weighted by atomic mass is 10.1. The first kappa shape index (κ1) is 14.5. The summed E-state index contributed by atoms with van der Waals surface area (Å²) < 4.78 is 25.5. The van der Waals surface area contributed by atoms with E-state index in [9.17, 15) is 8.42 Å². The molecule has 1 aliphatic rings. The Bertz CT molecular complexity index is 551. The van der Waals surface area contributed by atoms with Gasteiger partial charge in [0.05, 0.1) is 10.1 Å². The molecule has 0 saturated heterocycles. The van der Waals surface area contributed by atoms with E-state index in [2.05, 4.69) is 5.32 Å². The van der Waals surface area contributed by atoms with Crippen LogP contribution in [0, 0.1) is 13.8 Å². The van der Waals surface area contributed by atoms with Gasteiger partial charge in [0.15, 0.2) is 9.84 Å². The molecule has 0 spiro atoms. The first-order chi connectivity index (χ1) is 8.96. The molecule has 2 atom stereocenters. The Hall–Kier alpha value is -0.870. The van der Waals surface area contributed by atoms with E-state index >= 15 is 0 Å². The molecule has 0 radical (unpaired) electrons. The van der Waals surface area contributed by atoms with Crippen LogP contribution in [0.15, 0.2) is 23.1 Å². The molecule has 2 rings (SSSR count). The largest absolute Gasteiger partial charge is 0.313 e. The fourth-order valence-electron chi connectivity index (χ4n) is 2.86. The van der Waals surface area contributed by atoms with Crippen molar-refractivity contribution < 1.29 is 8.42 Å². The van der Waals surface area contributed by atoms with Crippen LogP contribution in [0.2, 0.25) is 0 Å². The second-order valence-electron chi connectivity index (χ2n) is 5.42. The maximum absolute atomic E-state index is 12.7. The highest BCUT2D eigenvalue weighted by molar-refractivity contribution is 7.92. The lowest BCUT2D eigenvalue weighted by Gasteiger charge is -2.21. The molecule has 106 valence electrons. The number of sulfone groups is 1. The molecule has 1 aromatic carbocycles. The third-order valence-electron chi connectivity index (χ3n) is 4.12. The summed E-state index contributed by atoms with van der Waals surface area (Å²) >= 11 is 0. The van der Waals surface area contributed by atoms with E-state index in [-0.39, 0.29) is 11.3 Å². The Morgan fingerprint density at radius 1 is 1.21 bits per heavy atom. The molecule has 3 nitrogen and oxygen atoms in total. The van der Waals surface area contributed by atoms with Crippen LogP contribution in [0.3, 0.4) is 0 Å². The summed E-state index contributed by atoms with van der Waals surface area (Å²) in [4.78, 5) is 0.477. The highest BCUT2D eigenvalue weighted by atomic mass is 32.2. The van der Waals surface area contributed by atoms with Crippen molar-refractivity contribution in [2.45, 2.75) is 56.2 Å². The van der Waals surface area contributed by atoms with Crippen LogP contribution in [-0.2, 0) is 9.84 Å². The molecule has 19 heavy (non-hydrogen) atoms. The van der Waals surface area contributed by atoms with E-state index in [1.807, 2.05) is 32.9 Å². The number of nitrogens with one attached hydrogen (secondary N) is 1. The lowest BCUT2D eigenvalue weighted by molar-refractivity contribution is 0.517. The molecule has 1 aromatic rings. The Morgan fingerprint density at radius 2 is 1.95 bits per heavy atom. The van der Waals surface area contributed by atoms with Crippen molar-refractivity contribution in [3.8, 4) is 0 Å². The first-order valence-corrected chi connectivity index (χ1v) is 8.56. The molecule has 1 N–H and O–H groups in total. The zero-order valence-electron chi connectivity index (χ0n) is 11.9. The zero-order valence-corrected chi connectivity index (χ0v) is 12.8. The van der Waals surface area contributed by atoms with Crippen molar-refractivity contribution in [2.75, 3.05) is 6.54 Å². The third-order valence-corrected chi connectivity index (χ3v) is 6.40. The summed E-state index contributed by atoms with van der Waals surface area (Å²) in [5.41, 5.74) is 2.17. The van der Waals surface area contributed by atoms with E-state index in [4.69, 9.17) is 0 Å². The zero-order chi connectivity index (χ0) is 14.0. The average Bonchev–Trinajstić information content (AvgIpc) is 2.82. The van der Waals surface area contributed by atoms with Crippen LogP contribution >= 0.6 is 0 Å². The molecule has 2 unspecified atom stereocenters. The van der Waals surface area contributed by atoms with E-state index in [0.717, 1.165) is 36.9 Å². The molecule has 0 aliphatic heterocycles. The van der Waals surface area contributed by atoms with Crippen molar-refractivity contribution in [1.82, 2.24) is 5.32 Å². The monoisotopic (exact) mass is 281 g/mol. The SMILES string of the molecule is CCNC1CCCC1S(=O)(=O)c1ccc(C)c(C)c1. The van der Waals surface area contributed by atoms with Gasteiger partial charge in [0.2, 0.25) is 0 Å². The fourth-order valence-corrected chi connectivity index (χ4v) is 4.95. The molecule has 4 heteroatoms. The van der Waals surface area contributed by atoms with Gasteiger partial charge >= 0.3 is 0 Å². The number of hydrogen-bond acceptors (Lipinski definition) is 3. The number of hydrogen-bond donors (Lipinski definition) is 1. The lowest BCUT2D eigenvalue weighted by Crippen LogP contribution is -2.40. The van der Waals surface area contributed by atoms with Crippen LogP contribution in [0.4, 0.5) is 0 Å². The third kappa shape index (κ3) is 2.84. The van der Waals surface area contributed by atoms with Gasteiger partial charge in [-0.05, 0) is 56.5 Å². The van der Waals surface area contributed by atoms with Crippen LogP contribution < -0.4 is 5.32 Å². The van der Waals surface area contributed by atoms with E-state index < -0.39 is 9.84 Å². The normalized spacial score (nSPS) is 23.7. The van der Waals surface area contributed by atoms with Crippen LogP contribution in [0.25, 0.3) is 0 Å². The van der Waals surface area contributed by atoms with Crippen molar-refractivity contribution in [2.24, 2.45) is 0 Å². The minimum absolute atomic E-state index is 0.108. The smallest absolute Gasteiger partial charge is 0.182 e. The molecule has 0 bridgehead atoms. The molecule has 0 aromatic heterocycles. The highest BCUT2D eigenvalue weighted by Crippen LogP contribution is 2.30. The number of aryl methyl sites for hydroxylation is 2. The molecule has 1 saturated carbocycles. The summed E-state index contributed by atoms with van der Waals surface area (Å²) in [7, 11) is -3.21. The van der Waals surface area contributed by atoms with Crippen LogP contribution in [0.1, 0.15) is 37.3 Å². The van der Waals surface area contributed by atoms with Gasteiger partial charge in [0.25, 0.3) is 0 Å². The Kier molecular flexibility index (Phi) is 4.31. The topological polar surface area (TPSA) is 46.2 Å². The van der Waals surface area contributed by atoms with Gasteiger partial charge in [-0.3, -0.25) is 0 Å². The van der Waals surface area contributed by atoms with Crippen LogP contribution in [-0.4, -0.2) is 26.3 Å². The minimum atomic E-state index is -3.21. The van der Waals surface area contributed by atoms with E-state index in [1.54, 1.807) is 6.07 Å². The average molecular weight is 281 g/mol. The van der Waals surface area contributed by atoms with Gasteiger partial charge in [-0.2, -0.15) is 0 Å². The molecule has 0 amide bonds. The summed E-state index contributed by atoms with van der Waals surface area (Å²) in [6, 6.07) is 5.57. The Morgan fingerprint density at radius 3 is 2.58 bits per heavy atom. The quantitative estimate of drug-likeness (QED) is 0.923. The Balaban J connectivity index is 2.33. The predicted octanol–water partition coefficient (Wildman–Crippen LogP) is 2.61. The molecular weight excluding hydrogens is 258 g/mol. The first-order valence-electron chi connectivity index (χ1n) is 7.01. The summed E-state index contributed by atoms with van der Waals surface area (Å²) in [5, 5.41) is 3.05. The van der Waals surface area contributed by atoms with Crippen molar-refractivity contribution >= 4 is 9.84 Å². The highest BCUT2D eigenvalue weighted by Gasteiger charge is 2.37. The number of rotatable bonds is 4. The standard InChI is InChI=1S/C15H23NO2S/c1-4-16-14-6-5-7-15(14)19(17,18)13-9-8-11(2)12(3)10-13/h8-10,14-16H,4-7H2,1-3H3. The molecule has 1 aliphatic carbocycles. The predicted molar refractivity (Wildman–Crippen MR) is 78.2 cm³/mol. The number of benzene rings is 1. The second-order valence-corrected chi connectivity index (χ2v) is 7.59. The van der Waals surface area contributed by atoms with Gasteiger partial charge in [0.1, 0.15) is 0 Å². The minimum Gasteiger partial charge on any atom is -0.313 e. The Labute approximate surface area is 116 Å². The van der Waals surface area contributed by atoms with E-state index in [0.29, 0.717) is 4.90 Å². The van der Waals surface area contributed by atoms with E-state index in [1.165, 1.54) is 0 Å². The maximum atomic E-state index is 12.7. The van der Waals surface area contributed by atoms with Gasteiger partial charge in [-0.1, -0.05) is 19.4 Å². The summed E-state index contributed by atoms with van der Waals surface area (Å²) in [6.07, 6.45) is 2.72. The maximum Gasteiger partial charge on any atom is 0.182 e. The summed E-state index contributed by atoms with van der Waals surface area (Å²) in [6.45, 7) is 6.81.